The lowest BCUT2D eigenvalue weighted by Gasteiger charge is -2.40. The molecule has 27 heavy (non-hydrogen) atoms. The fourth-order valence-corrected chi connectivity index (χ4v) is 4.25. The van der Waals surface area contributed by atoms with Crippen LogP contribution < -0.4 is 11.3 Å². The first kappa shape index (κ1) is 17.9. The van der Waals surface area contributed by atoms with Gasteiger partial charge in [-0.3, -0.25) is 9.89 Å². The van der Waals surface area contributed by atoms with Crippen LogP contribution in [0.5, 0.6) is 0 Å². The highest BCUT2D eigenvalue weighted by molar-refractivity contribution is 6.30. The number of benzene rings is 1. The molecule has 0 radical (unpaired) electrons. The highest BCUT2D eigenvalue weighted by Crippen LogP contribution is 2.42. The van der Waals surface area contributed by atoms with E-state index in [0.717, 1.165) is 42.1 Å². The Balaban J connectivity index is 1.59. The largest absolute Gasteiger partial charge is 0.330 e. The van der Waals surface area contributed by atoms with E-state index in [9.17, 15) is 4.79 Å². The van der Waals surface area contributed by atoms with Crippen molar-refractivity contribution in [1.29, 1.82) is 0 Å². The van der Waals surface area contributed by atoms with E-state index in [1.807, 2.05) is 24.3 Å². The molecule has 4 rings (SSSR count). The Kier molecular flexibility index (Phi) is 4.85. The van der Waals surface area contributed by atoms with E-state index in [1.165, 1.54) is 5.56 Å². The van der Waals surface area contributed by atoms with Crippen LogP contribution >= 0.6 is 11.6 Å². The topological polar surface area (TPSA) is 89.6 Å². The van der Waals surface area contributed by atoms with Crippen LogP contribution in [0, 0.1) is 0 Å². The molecule has 1 saturated carbocycles. The third-order valence-electron chi connectivity index (χ3n) is 5.69. The third kappa shape index (κ3) is 3.42. The Morgan fingerprint density at radius 2 is 2.04 bits per heavy atom. The molecule has 7 heteroatoms. The van der Waals surface area contributed by atoms with Gasteiger partial charge in [0.1, 0.15) is 5.69 Å². The summed E-state index contributed by atoms with van der Waals surface area (Å²) in [5.41, 5.74) is 8.72. The summed E-state index contributed by atoms with van der Waals surface area (Å²) in [4.78, 5) is 12.4. The van der Waals surface area contributed by atoms with Gasteiger partial charge in [-0.1, -0.05) is 23.7 Å². The first-order valence-electron chi connectivity index (χ1n) is 9.17. The van der Waals surface area contributed by atoms with E-state index in [1.54, 1.807) is 23.0 Å². The van der Waals surface area contributed by atoms with Gasteiger partial charge in [0.25, 0.3) is 5.56 Å². The molecule has 1 aliphatic carbocycles. The smallest absolute Gasteiger partial charge is 0.267 e. The Bertz CT molecular complexity index is 974. The molecule has 2 heterocycles. The van der Waals surface area contributed by atoms with Crippen LogP contribution in [0.1, 0.15) is 37.3 Å². The molecule has 6 nitrogen and oxygen atoms in total. The quantitative estimate of drug-likeness (QED) is 0.723. The second kappa shape index (κ2) is 7.29. The predicted octanol–water partition coefficient (Wildman–Crippen LogP) is 3.30. The standard InChI is InChI=1S/C20H22ClN5O/c21-15-3-1-2-14(12-15)20(13-22)9-6-16(7-10-20)26-19(27)5-4-18(25-26)17-8-11-23-24-17/h1-5,8,11-12,16H,6-7,9-10,13,22H2,(H,23,24). The molecular formula is C20H22ClN5O. The van der Waals surface area contributed by atoms with E-state index in [-0.39, 0.29) is 17.0 Å². The van der Waals surface area contributed by atoms with Crippen LogP contribution in [0.3, 0.4) is 0 Å². The summed E-state index contributed by atoms with van der Waals surface area (Å²) < 4.78 is 1.62. The summed E-state index contributed by atoms with van der Waals surface area (Å²) in [6.45, 7) is 0.566. The Morgan fingerprint density at radius 1 is 1.22 bits per heavy atom. The SMILES string of the molecule is NCC1(c2cccc(Cl)c2)CCC(n2nc(-c3ccn[nH]3)ccc2=O)CC1. The maximum Gasteiger partial charge on any atom is 0.267 e. The van der Waals surface area contributed by atoms with Gasteiger partial charge in [0, 0.05) is 29.2 Å². The van der Waals surface area contributed by atoms with Crippen molar-refractivity contribution < 1.29 is 0 Å². The number of nitrogens with one attached hydrogen (secondary N) is 1. The number of aromatic nitrogens is 4. The van der Waals surface area contributed by atoms with Gasteiger partial charge in [-0.2, -0.15) is 10.2 Å². The maximum absolute atomic E-state index is 12.4. The molecule has 1 aliphatic rings. The van der Waals surface area contributed by atoms with Crippen molar-refractivity contribution in [2.45, 2.75) is 37.1 Å². The van der Waals surface area contributed by atoms with Crippen molar-refractivity contribution in [2.24, 2.45) is 5.73 Å². The van der Waals surface area contributed by atoms with Gasteiger partial charge in [-0.25, -0.2) is 4.68 Å². The monoisotopic (exact) mass is 383 g/mol. The van der Waals surface area contributed by atoms with Gasteiger partial charge in [0.05, 0.1) is 11.7 Å². The summed E-state index contributed by atoms with van der Waals surface area (Å²) in [6, 6.07) is 13.2. The average Bonchev–Trinajstić information content (AvgIpc) is 3.23. The molecule has 2 aromatic heterocycles. The molecule has 0 atom stereocenters. The van der Waals surface area contributed by atoms with Crippen molar-refractivity contribution in [2.75, 3.05) is 6.54 Å². The van der Waals surface area contributed by atoms with Gasteiger partial charge >= 0.3 is 0 Å². The lowest BCUT2D eigenvalue weighted by Crippen LogP contribution is -2.41. The van der Waals surface area contributed by atoms with E-state index in [2.05, 4.69) is 21.4 Å². The lowest BCUT2D eigenvalue weighted by molar-refractivity contribution is 0.222. The van der Waals surface area contributed by atoms with Gasteiger partial charge in [0.2, 0.25) is 0 Å². The molecule has 0 amide bonds. The van der Waals surface area contributed by atoms with Crippen molar-refractivity contribution >= 4 is 11.6 Å². The first-order chi connectivity index (χ1) is 13.1. The van der Waals surface area contributed by atoms with Crippen LogP contribution in [0.4, 0.5) is 0 Å². The summed E-state index contributed by atoms with van der Waals surface area (Å²) >= 11 is 6.19. The second-order valence-corrected chi connectivity index (χ2v) is 7.63. The van der Waals surface area contributed by atoms with Crippen LogP contribution in [-0.2, 0) is 5.41 Å². The number of hydrogen-bond acceptors (Lipinski definition) is 4. The molecule has 3 aromatic rings. The fourth-order valence-electron chi connectivity index (χ4n) is 4.06. The second-order valence-electron chi connectivity index (χ2n) is 7.20. The molecule has 140 valence electrons. The van der Waals surface area contributed by atoms with Crippen LogP contribution in [0.15, 0.2) is 53.5 Å². The average molecular weight is 384 g/mol. The number of aromatic amines is 1. The Labute approximate surface area is 162 Å². The Morgan fingerprint density at radius 3 is 2.70 bits per heavy atom. The van der Waals surface area contributed by atoms with Gasteiger partial charge in [-0.15, -0.1) is 0 Å². The molecule has 0 spiro atoms. The zero-order chi connectivity index (χ0) is 18.9. The number of hydrogen-bond donors (Lipinski definition) is 2. The minimum atomic E-state index is -0.0913. The van der Waals surface area contributed by atoms with Crippen molar-refractivity contribution in [3.63, 3.8) is 0 Å². The molecule has 0 aliphatic heterocycles. The lowest BCUT2D eigenvalue weighted by atomic mass is 9.68. The summed E-state index contributed by atoms with van der Waals surface area (Å²) in [6.07, 6.45) is 5.17. The number of rotatable bonds is 4. The van der Waals surface area contributed by atoms with E-state index >= 15 is 0 Å². The molecule has 0 bridgehead atoms. The van der Waals surface area contributed by atoms with Crippen LogP contribution in [0.25, 0.3) is 11.4 Å². The van der Waals surface area contributed by atoms with Gasteiger partial charge in [-0.05, 0) is 55.5 Å². The molecule has 0 saturated heterocycles. The van der Waals surface area contributed by atoms with Crippen molar-refractivity contribution in [1.82, 2.24) is 20.0 Å². The molecular weight excluding hydrogens is 362 g/mol. The zero-order valence-corrected chi connectivity index (χ0v) is 15.7. The number of H-pyrrole nitrogens is 1. The van der Waals surface area contributed by atoms with Crippen molar-refractivity contribution in [3.05, 3.63) is 69.6 Å². The van der Waals surface area contributed by atoms with Gasteiger partial charge < -0.3 is 5.73 Å². The number of nitrogens with zero attached hydrogens (tertiary/aromatic N) is 3. The normalized spacial score (nSPS) is 22.7. The summed E-state index contributed by atoms with van der Waals surface area (Å²) in [5, 5.41) is 12.2. The van der Waals surface area contributed by atoms with E-state index < -0.39 is 0 Å². The summed E-state index contributed by atoms with van der Waals surface area (Å²) in [5.74, 6) is 0. The Hall–Kier alpha value is -2.44. The van der Waals surface area contributed by atoms with Crippen molar-refractivity contribution in [3.8, 4) is 11.4 Å². The molecule has 3 N–H and O–H groups in total. The van der Waals surface area contributed by atoms with Crippen LogP contribution in [0.2, 0.25) is 5.02 Å². The minimum absolute atomic E-state index is 0.0687. The predicted molar refractivity (Wildman–Crippen MR) is 106 cm³/mol. The van der Waals surface area contributed by atoms with E-state index in [4.69, 9.17) is 17.3 Å². The highest BCUT2D eigenvalue weighted by atomic mass is 35.5. The maximum atomic E-state index is 12.4. The fraction of sp³-hybridized carbons (Fsp3) is 0.350. The number of nitrogens with two attached hydrogens (primary N) is 1. The summed E-state index contributed by atoms with van der Waals surface area (Å²) in [7, 11) is 0. The minimum Gasteiger partial charge on any atom is -0.330 e. The molecule has 1 fully saturated rings. The van der Waals surface area contributed by atoms with Crippen LogP contribution in [-0.4, -0.2) is 26.5 Å². The first-order valence-corrected chi connectivity index (χ1v) is 9.55. The number of halogens is 1. The highest BCUT2D eigenvalue weighted by Gasteiger charge is 2.37. The van der Waals surface area contributed by atoms with Gasteiger partial charge in [0.15, 0.2) is 0 Å². The third-order valence-corrected chi connectivity index (χ3v) is 5.92. The molecule has 0 unspecified atom stereocenters. The zero-order valence-electron chi connectivity index (χ0n) is 14.9. The van der Waals surface area contributed by atoms with E-state index in [0.29, 0.717) is 6.54 Å². The molecule has 1 aromatic carbocycles.